The van der Waals surface area contributed by atoms with Crippen LogP contribution in [0.25, 0.3) is 0 Å². The van der Waals surface area contributed by atoms with Gasteiger partial charge in [0.2, 0.25) is 0 Å². The molecule has 1 heterocycles. The summed E-state index contributed by atoms with van der Waals surface area (Å²) in [6.07, 6.45) is 9.03. The Balaban J connectivity index is 2.23. The summed E-state index contributed by atoms with van der Waals surface area (Å²) >= 11 is 0. The van der Waals surface area contributed by atoms with Crippen molar-refractivity contribution in [1.29, 1.82) is 0 Å². The molecule has 1 aromatic rings. The van der Waals surface area contributed by atoms with E-state index in [0.29, 0.717) is 5.92 Å². The van der Waals surface area contributed by atoms with Gasteiger partial charge in [-0.25, -0.2) is 4.98 Å². The zero-order valence-electron chi connectivity index (χ0n) is 10.3. The smallest absolute Gasteiger partial charge is 0.140 e. The Labute approximate surface area is 97.5 Å². The quantitative estimate of drug-likeness (QED) is 0.854. The fourth-order valence-electron chi connectivity index (χ4n) is 2.89. The van der Waals surface area contributed by atoms with Crippen LogP contribution in [-0.4, -0.2) is 14.7 Å². The van der Waals surface area contributed by atoms with E-state index in [1.54, 1.807) is 6.20 Å². The number of aromatic nitrogens is 2. The van der Waals surface area contributed by atoms with Gasteiger partial charge in [0, 0.05) is 18.9 Å². The summed E-state index contributed by atoms with van der Waals surface area (Å²) in [5.41, 5.74) is -0.682. The lowest BCUT2D eigenvalue weighted by atomic mass is 9.76. The fourth-order valence-corrected chi connectivity index (χ4v) is 2.89. The molecule has 3 heteroatoms. The van der Waals surface area contributed by atoms with E-state index >= 15 is 0 Å². The highest BCUT2D eigenvalue weighted by molar-refractivity contribution is 5.07. The maximum Gasteiger partial charge on any atom is 0.140 e. The highest BCUT2D eigenvalue weighted by Crippen LogP contribution is 2.40. The number of imidazole rings is 1. The largest absolute Gasteiger partial charge is 0.382 e. The number of rotatable bonds is 3. The van der Waals surface area contributed by atoms with E-state index in [2.05, 4.69) is 23.4 Å². The van der Waals surface area contributed by atoms with Crippen LogP contribution in [-0.2, 0) is 12.1 Å². The van der Waals surface area contributed by atoms with Gasteiger partial charge in [-0.15, -0.1) is 0 Å². The minimum Gasteiger partial charge on any atom is -0.382 e. The third-order valence-electron chi connectivity index (χ3n) is 3.88. The van der Waals surface area contributed by atoms with Gasteiger partial charge in [0.25, 0.3) is 0 Å². The molecule has 1 aliphatic rings. The van der Waals surface area contributed by atoms with Gasteiger partial charge >= 0.3 is 0 Å². The Bertz CT molecular complexity index is 347. The van der Waals surface area contributed by atoms with Crippen molar-refractivity contribution < 1.29 is 5.11 Å². The third-order valence-corrected chi connectivity index (χ3v) is 3.88. The van der Waals surface area contributed by atoms with Gasteiger partial charge in [-0.3, -0.25) is 0 Å². The van der Waals surface area contributed by atoms with Crippen molar-refractivity contribution in [3.63, 3.8) is 0 Å². The van der Waals surface area contributed by atoms with Gasteiger partial charge in [-0.05, 0) is 32.1 Å². The zero-order chi connectivity index (χ0) is 11.6. The van der Waals surface area contributed by atoms with E-state index in [0.717, 1.165) is 38.1 Å². The van der Waals surface area contributed by atoms with E-state index in [-0.39, 0.29) is 0 Å². The summed E-state index contributed by atoms with van der Waals surface area (Å²) in [5, 5.41) is 10.8. The van der Waals surface area contributed by atoms with E-state index in [9.17, 15) is 5.11 Å². The van der Waals surface area contributed by atoms with Crippen LogP contribution in [0.1, 0.15) is 51.8 Å². The first-order chi connectivity index (χ1) is 7.69. The predicted molar refractivity (Wildman–Crippen MR) is 64.0 cm³/mol. The molecular formula is C13H22N2O. The van der Waals surface area contributed by atoms with Gasteiger partial charge in [0.1, 0.15) is 11.4 Å². The van der Waals surface area contributed by atoms with Crippen LogP contribution >= 0.6 is 0 Å². The molecule has 1 aliphatic carbocycles. The van der Waals surface area contributed by atoms with Gasteiger partial charge in [0.15, 0.2) is 0 Å². The molecule has 90 valence electrons. The van der Waals surface area contributed by atoms with Gasteiger partial charge in [-0.2, -0.15) is 0 Å². The van der Waals surface area contributed by atoms with Crippen molar-refractivity contribution in [2.45, 2.75) is 58.1 Å². The molecule has 2 unspecified atom stereocenters. The third kappa shape index (κ3) is 2.01. The van der Waals surface area contributed by atoms with Gasteiger partial charge in [0.05, 0.1) is 0 Å². The molecule has 2 atom stereocenters. The average molecular weight is 222 g/mol. The number of hydrogen-bond acceptors (Lipinski definition) is 2. The second kappa shape index (κ2) is 4.58. The normalized spacial score (nSPS) is 30.6. The monoisotopic (exact) mass is 222 g/mol. The molecule has 0 bridgehead atoms. The summed E-state index contributed by atoms with van der Waals surface area (Å²) < 4.78 is 2.07. The molecule has 16 heavy (non-hydrogen) atoms. The van der Waals surface area contributed by atoms with Crippen LogP contribution in [0, 0.1) is 5.92 Å². The Kier molecular flexibility index (Phi) is 3.33. The average Bonchev–Trinajstić information content (AvgIpc) is 2.78. The highest BCUT2D eigenvalue weighted by atomic mass is 16.3. The zero-order valence-corrected chi connectivity index (χ0v) is 10.3. The van der Waals surface area contributed by atoms with Crippen LogP contribution in [0.2, 0.25) is 0 Å². The van der Waals surface area contributed by atoms with E-state index < -0.39 is 5.60 Å². The molecule has 2 rings (SSSR count). The predicted octanol–water partition coefficient (Wildman–Crippen LogP) is 2.69. The molecule has 0 aliphatic heterocycles. The second-order valence-corrected chi connectivity index (χ2v) is 4.94. The molecular weight excluding hydrogens is 200 g/mol. The number of hydrogen-bond donors (Lipinski definition) is 1. The summed E-state index contributed by atoms with van der Waals surface area (Å²) in [4.78, 5) is 4.36. The minimum atomic E-state index is -0.682. The van der Waals surface area contributed by atoms with Gasteiger partial charge < -0.3 is 9.67 Å². The maximum absolute atomic E-state index is 10.8. The van der Waals surface area contributed by atoms with E-state index in [1.807, 2.05) is 6.20 Å². The Morgan fingerprint density at radius 1 is 1.56 bits per heavy atom. The molecule has 0 saturated heterocycles. The molecule has 1 fully saturated rings. The van der Waals surface area contributed by atoms with Crippen LogP contribution < -0.4 is 0 Å². The first kappa shape index (κ1) is 11.6. The summed E-state index contributed by atoms with van der Waals surface area (Å²) in [6.45, 7) is 5.19. The summed E-state index contributed by atoms with van der Waals surface area (Å²) in [6, 6.07) is 0. The lowest BCUT2D eigenvalue weighted by Gasteiger charge is -2.36. The Morgan fingerprint density at radius 2 is 2.38 bits per heavy atom. The molecule has 0 radical (unpaired) electrons. The number of nitrogens with zero attached hydrogens (tertiary/aromatic N) is 2. The molecule has 3 nitrogen and oxygen atoms in total. The lowest BCUT2D eigenvalue weighted by molar-refractivity contribution is -0.0319. The summed E-state index contributed by atoms with van der Waals surface area (Å²) in [5.74, 6) is 1.52. The van der Waals surface area contributed by atoms with Crippen molar-refractivity contribution in [1.82, 2.24) is 9.55 Å². The molecule has 0 aromatic carbocycles. The number of aliphatic hydroxyl groups is 1. The Hall–Kier alpha value is -0.830. The van der Waals surface area contributed by atoms with Crippen molar-refractivity contribution in [2.75, 3.05) is 0 Å². The second-order valence-electron chi connectivity index (χ2n) is 4.94. The number of aryl methyl sites for hydroxylation is 1. The molecule has 0 spiro atoms. The van der Waals surface area contributed by atoms with Crippen LogP contribution in [0.4, 0.5) is 0 Å². The maximum atomic E-state index is 10.8. The molecule has 1 aromatic heterocycles. The first-order valence-electron chi connectivity index (χ1n) is 6.43. The molecule has 1 N–H and O–H groups in total. The molecule has 1 saturated carbocycles. The van der Waals surface area contributed by atoms with Crippen LogP contribution in [0.5, 0.6) is 0 Å². The topological polar surface area (TPSA) is 38.1 Å². The summed E-state index contributed by atoms with van der Waals surface area (Å²) in [7, 11) is 0. The fraction of sp³-hybridized carbons (Fsp3) is 0.769. The van der Waals surface area contributed by atoms with Crippen molar-refractivity contribution in [3.8, 4) is 0 Å². The minimum absolute atomic E-state index is 0.653. The van der Waals surface area contributed by atoms with Gasteiger partial charge in [-0.1, -0.05) is 19.8 Å². The Morgan fingerprint density at radius 3 is 3.06 bits per heavy atom. The van der Waals surface area contributed by atoms with E-state index in [4.69, 9.17) is 0 Å². The van der Waals surface area contributed by atoms with Crippen molar-refractivity contribution >= 4 is 0 Å². The highest BCUT2D eigenvalue weighted by Gasteiger charge is 2.38. The SMILES string of the molecule is CCC1CCCC(O)(c2nccn2CC)C1. The van der Waals surface area contributed by atoms with Crippen LogP contribution in [0.3, 0.4) is 0 Å². The lowest BCUT2D eigenvalue weighted by Crippen LogP contribution is -2.35. The first-order valence-corrected chi connectivity index (χ1v) is 6.43. The molecule has 0 amide bonds. The van der Waals surface area contributed by atoms with Crippen molar-refractivity contribution in [2.24, 2.45) is 5.92 Å². The van der Waals surface area contributed by atoms with Crippen LogP contribution in [0.15, 0.2) is 12.4 Å². The van der Waals surface area contributed by atoms with Crippen molar-refractivity contribution in [3.05, 3.63) is 18.2 Å². The van der Waals surface area contributed by atoms with E-state index in [1.165, 1.54) is 6.42 Å². The standard InChI is InChI=1S/C13H22N2O/c1-3-11-6-5-7-13(16,10-11)12-14-8-9-15(12)4-2/h8-9,11,16H,3-7,10H2,1-2H3.